The maximum Gasteiger partial charge on any atom is 0.322 e. The molecule has 25 heavy (non-hydrogen) atoms. The first-order valence-corrected chi connectivity index (χ1v) is 8.25. The number of ether oxygens (including phenoxy) is 1. The van der Waals surface area contributed by atoms with E-state index in [2.05, 4.69) is 10.6 Å². The molecule has 0 radical (unpaired) electrons. The molecule has 0 saturated carbocycles. The van der Waals surface area contributed by atoms with Gasteiger partial charge in [0.1, 0.15) is 11.8 Å². The Morgan fingerprint density at radius 3 is 2.52 bits per heavy atom. The summed E-state index contributed by atoms with van der Waals surface area (Å²) in [5.74, 6) is 0.388. The average Bonchev–Trinajstić information content (AvgIpc) is 3.13. The highest BCUT2D eigenvalue weighted by atomic mass is 16.5. The smallest absolute Gasteiger partial charge is 0.322 e. The molecule has 0 spiro atoms. The lowest BCUT2D eigenvalue weighted by molar-refractivity contribution is -0.119. The average molecular weight is 339 g/mol. The minimum Gasteiger partial charge on any atom is -0.495 e. The van der Waals surface area contributed by atoms with Gasteiger partial charge in [-0.05, 0) is 37.1 Å². The van der Waals surface area contributed by atoms with E-state index in [0.29, 0.717) is 30.1 Å². The number of urea groups is 1. The number of anilines is 2. The Morgan fingerprint density at radius 1 is 1.04 bits per heavy atom. The van der Waals surface area contributed by atoms with Gasteiger partial charge in [-0.15, -0.1) is 0 Å². The van der Waals surface area contributed by atoms with Crippen molar-refractivity contribution >= 4 is 23.3 Å². The zero-order chi connectivity index (χ0) is 17.6. The zero-order valence-electron chi connectivity index (χ0n) is 14.1. The van der Waals surface area contributed by atoms with Crippen LogP contribution in [0, 0.1) is 0 Å². The molecule has 6 heteroatoms. The summed E-state index contributed by atoms with van der Waals surface area (Å²) >= 11 is 0. The molecule has 1 aliphatic rings. The molecule has 0 unspecified atom stereocenters. The summed E-state index contributed by atoms with van der Waals surface area (Å²) in [5.41, 5.74) is 1.31. The molecule has 1 fully saturated rings. The van der Waals surface area contributed by atoms with Gasteiger partial charge in [-0.1, -0.05) is 30.3 Å². The molecule has 2 aromatic carbocycles. The standard InChI is InChI=1S/C19H21N3O3/c1-25-17-12-6-5-10-15(17)21-18(23)16-11-7-13-22(16)19(24)20-14-8-3-2-4-9-14/h2-6,8-10,12,16H,7,11,13H2,1H3,(H,20,24)(H,21,23)/t16-/m0/s1. The first kappa shape index (κ1) is 16.8. The quantitative estimate of drug-likeness (QED) is 0.897. The summed E-state index contributed by atoms with van der Waals surface area (Å²) in [6.45, 7) is 0.558. The van der Waals surface area contributed by atoms with Gasteiger partial charge in [0, 0.05) is 12.2 Å². The normalized spacial score (nSPS) is 16.4. The number of nitrogens with zero attached hydrogens (tertiary/aromatic N) is 1. The number of carbonyl (C=O) groups excluding carboxylic acids is 2. The zero-order valence-corrected chi connectivity index (χ0v) is 14.1. The topological polar surface area (TPSA) is 70.7 Å². The van der Waals surface area contributed by atoms with Crippen LogP contribution in [0.2, 0.25) is 0 Å². The number of methoxy groups -OCH3 is 1. The minimum absolute atomic E-state index is 0.204. The molecule has 1 aliphatic heterocycles. The van der Waals surface area contributed by atoms with Crippen molar-refractivity contribution in [2.24, 2.45) is 0 Å². The SMILES string of the molecule is COc1ccccc1NC(=O)[C@@H]1CCCN1C(=O)Nc1ccccc1. The summed E-state index contributed by atoms with van der Waals surface area (Å²) in [6.07, 6.45) is 1.44. The number of likely N-dealkylation sites (tertiary alicyclic amines) is 1. The van der Waals surface area contributed by atoms with Crippen LogP contribution >= 0.6 is 0 Å². The van der Waals surface area contributed by atoms with Gasteiger partial charge >= 0.3 is 6.03 Å². The van der Waals surface area contributed by atoms with Crippen LogP contribution in [-0.4, -0.2) is 36.5 Å². The van der Waals surface area contributed by atoms with E-state index in [1.165, 1.54) is 0 Å². The lowest BCUT2D eigenvalue weighted by Gasteiger charge is -2.24. The van der Waals surface area contributed by atoms with Crippen LogP contribution in [0.5, 0.6) is 5.75 Å². The summed E-state index contributed by atoms with van der Waals surface area (Å²) in [7, 11) is 1.56. The molecule has 0 bridgehead atoms. The highest BCUT2D eigenvalue weighted by Crippen LogP contribution is 2.25. The Morgan fingerprint density at radius 2 is 1.76 bits per heavy atom. The lowest BCUT2D eigenvalue weighted by Crippen LogP contribution is -2.45. The van der Waals surface area contributed by atoms with Crippen molar-refractivity contribution < 1.29 is 14.3 Å². The third kappa shape index (κ3) is 3.91. The second kappa shape index (κ2) is 7.70. The number of hydrogen-bond acceptors (Lipinski definition) is 3. The van der Waals surface area contributed by atoms with Crippen LogP contribution in [0.15, 0.2) is 54.6 Å². The van der Waals surface area contributed by atoms with Gasteiger partial charge in [-0.3, -0.25) is 4.79 Å². The molecule has 1 heterocycles. The molecule has 3 amide bonds. The second-order valence-electron chi connectivity index (χ2n) is 5.84. The minimum atomic E-state index is -0.492. The molecule has 6 nitrogen and oxygen atoms in total. The Bertz CT molecular complexity index is 749. The maximum atomic E-state index is 12.7. The van der Waals surface area contributed by atoms with E-state index in [9.17, 15) is 9.59 Å². The van der Waals surface area contributed by atoms with Crippen molar-refractivity contribution in [1.29, 1.82) is 0 Å². The molecule has 1 atom stereocenters. The Kier molecular flexibility index (Phi) is 5.18. The van der Waals surface area contributed by atoms with Gasteiger partial charge in [-0.2, -0.15) is 0 Å². The third-order valence-corrected chi connectivity index (χ3v) is 4.21. The van der Waals surface area contributed by atoms with Crippen molar-refractivity contribution in [3.05, 3.63) is 54.6 Å². The first-order valence-electron chi connectivity index (χ1n) is 8.25. The largest absolute Gasteiger partial charge is 0.495 e. The van der Waals surface area contributed by atoms with E-state index in [1.807, 2.05) is 42.5 Å². The second-order valence-corrected chi connectivity index (χ2v) is 5.84. The summed E-state index contributed by atoms with van der Waals surface area (Å²) in [5, 5.41) is 5.70. The fraction of sp³-hybridized carbons (Fsp3) is 0.263. The van der Waals surface area contributed by atoms with Crippen LogP contribution in [-0.2, 0) is 4.79 Å². The number of hydrogen-bond donors (Lipinski definition) is 2. The Labute approximate surface area is 146 Å². The number of carbonyl (C=O) groups is 2. The highest BCUT2D eigenvalue weighted by molar-refractivity contribution is 6.00. The highest BCUT2D eigenvalue weighted by Gasteiger charge is 2.34. The number of rotatable bonds is 4. The maximum absolute atomic E-state index is 12.7. The van der Waals surface area contributed by atoms with E-state index in [1.54, 1.807) is 24.1 Å². The van der Waals surface area contributed by atoms with E-state index in [4.69, 9.17) is 4.74 Å². The van der Waals surface area contributed by atoms with Crippen molar-refractivity contribution in [2.45, 2.75) is 18.9 Å². The molecule has 2 N–H and O–H groups in total. The van der Waals surface area contributed by atoms with Crippen LogP contribution in [0.25, 0.3) is 0 Å². The third-order valence-electron chi connectivity index (χ3n) is 4.21. The van der Waals surface area contributed by atoms with Gasteiger partial charge in [0.25, 0.3) is 0 Å². The van der Waals surface area contributed by atoms with Crippen LogP contribution in [0.1, 0.15) is 12.8 Å². The van der Waals surface area contributed by atoms with Crippen molar-refractivity contribution in [3.63, 3.8) is 0 Å². The molecular weight excluding hydrogens is 318 g/mol. The Hall–Kier alpha value is -3.02. The molecule has 0 aliphatic carbocycles. The molecule has 130 valence electrons. The van der Waals surface area contributed by atoms with Gasteiger partial charge in [0.2, 0.25) is 5.91 Å². The number of benzene rings is 2. The van der Waals surface area contributed by atoms with Gasteiger partial charge in [-0.25, -0.2) is 4.79 Å². The van der Waals surface area contributed by atoms with Crippen LogP contribution in [0.4, 0.5) is 16.2 Å². The molecular formula is C19H21N3O3. The predicted molar refractivity (Wildman–Crippen MR) is 96.8 cm³/mol. The van der Waals surface area contributed by atoms with Gasteiger partial charge in [0.15, 0.2) is 0 Å². The van der Waals surface area contributed by atoms with Gasteiger partial charge < -0.3 is 20.3 Å². The van der Waals surface area contributed by atoms with Crippen LogP contribution < -0.4 is 15.4 Å². The number of amides is 3. The predicted octanol–water partition coefficient (Wildman–Crippen LogP) is 3.33. The van der Waals surface area contributed by atoms with E-state index >= 15 is 0 Å². The number of para-hydroxylation sites is 3. The van der Waals surface area contributed by atoms with E-state index in [0.717, 1.165) is 6.42 Å². The molecule has 3 rings (SSSR count). The fourth-order valence-electron chi connectivity index (χ4n) is 2.96. The Balaban J connectivity index is 1.68. The fourth-order valence-corrected chi connectivity index (χ4v) is 2.96. The van der Waals surface area contributed by atoms with Crippen molar-refractivity contribution in [3.8, 4) is 5.75 Å². The molecule has 0 aromatic heterocycles. The monoisotopic (exact) mass is 339 g/mol. The van der Waals surface area contributed by atoms with E-state index < -0.39 is 6.04 Å². The van der Waals surface area contributed by atoms with Crippen molar-refractivity contribution in [1.82, 2.24) is 4.90 Å². The molecule has 2 aromatic rings. The number of nitrogens with one attached hydrogen (secondary N) is 2. The molecule has 1 saturated heterocycles. The summed E-state index contributed by atoms with van der Waals surface area (Å²) in [6, 6.07) is 15.7. The summed E-state index contributed by atoms with van der Waals surface area (Å²) < 4.78 is 5.25. The van der Waals surface area contributed by atoms with Gasteiger partial charge in [0.05, 0.1) is 12.8 Å². The van der Waals surface area contributed by atoms with Crippen molar-refractivity contribution in [2.75, 3.05) is 24.3 Å². The van der Waals surface area contributed by atoms with Crippen LogP contribution in [0.3, 0.4) is 0 Å². The first-order chi connectivity index (χ1) is 12.2. The summed E-state index contributed by atoms with van der Waals surface area (Å²) in [4.78, 5) is 26.8. The van der Waals surface area contributed by atoms with E-state index in [-0.39, 0.29) is 11.9 Å². The lowest BCUT2D eigenvalue weighted by atomic mass is 10.2.